The van der Waals surface area contributed by atoms with Crippen molar-refractivity contribution in [3.63, 3.8) is 0 Å². The van der Waals surface area contributed by atoms with Crippen molar-refractivity contribution >= 4 is 23.5 Å². The van der Waals surface area contributed by atoms with Crippen molar-refractivity contribution in [2.45, 2.75) is 32.4 Å². The van der Waals surface area contributed by atoms with Gasteiger partial charge < -0.3 is 10.1 Å². The minimum Gasteiger partial charge on any atom is -0.452 e. The molecular formula is C14H16ClNO3. The maximum atomic E-state index is 11.8. The molecule has 0 aliphatic heterocycles. The number of amides is 1. The zero-order valence-corrected chi connectivity index (χ0v) is 11.4. The van der Waals surface area contributed by atoms with Crippen LogP contribution in [0.2, 0.25) is 5.02 Å². The molecule has 0 bridgehead atoms. The highest BCUT2D eigenvalue weighted by molar-refractivity contribution is 6.31. The smallest absolute Gasteiger partial charge is 0.309 e. The van der Waals surface area contributed by atoms with Crippen LogP contribution in [0.5, 0.6) is 0 Å². The molecule has 0 saturated heterocycles. The number of nitrogens with one attached hydrogen (secondary N) is 1. The first-order valence-electron chi connectivity index (χ1n) is 6.29. The molecule has 1 amide bonds. The van der Waals surface area contributed by atoms with Crippen molar-refractivity contribution in [1.82, 2.24) is 5.32 Å². The van der Waals surface area contributed by atoms with Gasteiger partial charge in [0.25, 0.3) is 5.91 Å². The Bertz CT molecular complexity index is 485. The van der Waals surface area contributed by atoms with E-state index in [0.29, 0.717) is 11.6 Å². The third-order valence-electron chi connectivity index (χ3n) is 2.98. The molecule has 1 saturated carbocycles. The molecule has 5 heteroatoms. The number of carbonyl (C=O) groups excluding carboxylic acids is 2. The monoisotopic (exact) mass is 281 g/mol. The van der Waals surface area contributed by atoms with Gasteiger partial charge in [-0.1, -0.05) is 29.8 Å². The molecule has 1 atom stereocenters. The highest BCUT2D eigenvalue weighted by Crippen LogP contribution is 2.30. The predicted octanol–water partition coefficient (Wildman–Crippen LogP) is 2.30. The van der Waals surface area contributed by atoms with Gasteiger partial charge in [-0.05, 0) is 31.4 Å². The Labute approximate surface area is 117 Å². The molecule has 1 fully saturated rings. The molecule has 19 heavy (non-hydrogen) atoms. The Morgan fingerprint density at radius 2 is 2.11 bits per heavy atom. The topological polar surface area (TPSA) is 55.4 Å². The van der Waals surface area contributed by atoms with E-state index >= 15 is 0 Å². The first-order chi connectivity index (χ1) is 9.08. The number of ether oxygens (including phenoxy) is 1. The van der Waals surface area contributed by atoms with Crippen molar-refractivity contribution in [3.8, 4) is 0 Å². The molecule has 0 radical (unpaired) electrons. The normalized spacial score (nSPS) is 15.7. The fraction of sp³-hybridized carbons (Fsp3) is 0.429. The summed E-state index contributed by atoms with van der Waals surface area (Å²) in [5.74, 6) is -0.590. The second kappa shape index (κ2) is 6.06. The molecule has 1 N–H and O–H groups in total. The van der Waals surface area contributed by atoms with E-state index in [1.165, 1.54) is 0 Å². The number of rotatable bonds is 5. The average molecular weight is 282 g/mol. The van der Waals surface area contributed by atoms with Gasteiger partial charge >= 0.3 is 5.97 Å². The fourth-order valence-electron chi connectivity index (χ4n) is 1.61. The Morgan fingerprint density at radius 3 is 2.74 bits per heavy atom. The van der Waals surface area contributed by atoms with Crippen LogP contribution in [0.3, 0.4) is 0 Å². The number of esters is 1. The lowest BCUT2D eigenvalue weighted by Gasteiger charge is -2.13. The molecule has 0 heterocycles. The Kier molecular flexibility index (Phi) is 4.43. The molecule has 102 valence electrons. The van der Waals surface area contributed by atoms with Gasteiger partial charge in [-0.15, -0.1) is 0 Å². The van der Waals surface area contributed by atoms with E-state index in [4.69, 9.17) is 16.3 Å². The van der Waals surface area contributed by atoms with Crippen molar-refractivity contribution in [2.24, 2.45) is 5.92 Å². The summed E-state index contributed by atoms with van der Waals surface area (Å²) in [4.78, 5) is 23.2. The number of hydrogen-bond acceptors (Lipinski definition) is 3. The zero-order valence-electron chi connectivity index (χ0n) is 10.7. The van der Waals surface area contributed by atoms with Crippen LogP contribution in [0, 0.1) is 5.92 Å². The highest BCUT2D eigenvalue weighted by Gasteiger charge is 2.33. The third kappa shape index (κ3) is 3.96. The summed E-state index contributed by atoms with van der Waals surface area (Å²) < 4.78 is 5.07. The van der Waals surface area contributed by atoms with E-state index in [9.17, 15) is 9.59 Å². The van der Waals surface area contributed by atoms with E-state index in [1.807, 2.05) is 18.2 Å². The molecular weight excluding hydrogens is 266 g/mol. The molecule has 4 nitrogen and oxygen atoms in total. The van der Waals surface area contributed by atoms with Crippen LogP contribution in [-0.4, -0.2) is 18.0 Å². The quantitative estimate of drug-likeness (QED) is 0.843. The van der Waals surface area contributed by atoms with Gasteiger partial charge in [0, 0.05) is 11.6 Å². The molecule has 0 spiro atoms. The van der Waals surface area contributed by atoms with Gasteiger partial charge in [0.05, 0.1) is 5.92 Å². The lowest BCUT2D eigenvalue weighted by Crippen LogP contribution is -2.35. The lowest BCUT2D eigenvalue weighted by molar-refractivity contribution is -0.156. The number of halogens is 1. The summed E-state index contributed by atoms with van der Waals surface area (Å²) in [5, 5.41) is 3.31. The summed E-state index contributed by atoms with van der Waals surface area (Å²) in [6.07, 6.45) is 0.968. The lowest BCUT2D eigenvalue weighted by atomic mass is 10.2. The maximum absolute atomic E-state index is 11.8. The van der Waals surface area contributed by atoms with Gasteiger partial charge in [0.1, 0.15) is 0 Å². The molecule has 2 rings (SSSR count). The van der Waals surface area contributed by atoms with Gasteiger partial charge in [-0.2, -0.15) is 0 Å². The minimum absolute atomic E-state index is 0.00109. The van der Waals surface area contributed by atoms with Gasteiger partial charge in [0.2, 0.25) is 0 Å². The van der Waals surface area contributed by atoms with Crippen LogP contribution in [0.1, 0.15) is 25.3 Å². The van der Waals surface area contributed by atoms with Crippen molar-refractivity contribution < 1.29 is 14.3 Å². The van der Waals surface area contributed by atoms with E-state index in [1.54, 1.807) is 13.0 Å². The molecule has 1 unspecified atom stereocenters. The molecule has 0 aromatic heterocycles. The Hall–Kier alpha value is -1.55. The van der Waals surface area contributed by atoms with E-state index < -0.39 is 6.10 Å². The summed E-state index contributed by atoms with van der Waals surface area (Å²) in [5.41, 5.74) is 0.832. The van der Waals surface area contributed by atoms with E-state index in [0.717, 1.165) is 18.4 Å². The third-order valence-corrected chi connectivity index (χ3v) is 3.35. The fourth-order valence-corrected chi connectivity index (χ4v) is 1.81. The number of benzene rings is 1. The van der Waals surface area contributed by atoms with Crippen molar-refractivity contribution in [2.75, 3.05) is 0 Å². The van der Waals surface area contributed by atoms with Gasteiger partial charge in [-0.3, -0.25) is 9.59 Å². The first kappa shape index (κ1) is 13.9. The Balaban J connectivity index is 1.80. The molecule has 1 aromatic rings. The summed E-state index contributed by atoms with van der Waals surface area (Å²) >= 11 is 5.98. The van der Waals surface area contributed by atoms with Gasteiger partial charge in [-0.25, -0.2) is 0 Å². The predicted molar refractivity (Wildman–Crippen MR) is 71.6 cm³/mol. The summed E-state index contributed by atoms with van der Waals surface area (Å²) in [6.45, 7) is 1.89. The van der Waals surface area contributed by atoms with Crippen LogP contribution >= 0.6 is 11.6 Å². The van der Waals surface area contributed by atoms with Crippen LogP contribution in [0.15, 0.2) is 24.3 Å². The number of carbonyl (C=O) groups is 2. The average Bonchev–Trinajstić information content (AvgIpc) is 3.21. The largest absolute Gasteiger partial charge is 0.452 e. The van der Waals surface area contributed by atoms with Crippen LogP contribution in [0.4, 0.5) is 0 Å². The standard InChI is InChI=1S/C14H16ClNO3/c1-9(19-14(18)10-6-7-10)13(17)16-8-11-4-2-3-5-12(11)15/h2-5,9-10H,6-8H2,1H3,(H,16,17). The number of hydrogen-bond donors (Lipinski definition) is 1. The first-order valence-corrected chi connectivity index (χ1v) is 6.67. The maximum Gasteiger partial charge on any atom is 0.309 e. The molecule has 1 aromatic carbocycles. The van der Waals surface area contributed by atoms with Crippen LogP contribution in [0.25, 0.3) is 0 Å². The zero-order chi connectivity index (χ0) is 13.8. The highest BCUT2D eigenvalue weighted by atomic mass is 35.5. The minimum atomic E-state index is -0.768. The summed E-state index contributed by atoms with van der Waals surface area (Å²) in [7, 11) is 0. The van der Waals surface area contributed by atoms with E-state index in [-0.39, 0.29) is 17.8 Å². The van der Waals surface area contributed by atoms with E-state index in [2.05, 4.69) is 5.32 Å². The molecule has 1 aliphatic rings. The van der Waals surface area contributed by atoms with Crippen LogP contribution < -0.4 is 5.32 Å². The van der Waals surface area contributed by atoms with Crippen LogP contribution in [-0.2, 0) is 20.9 Å². The van der Waals surface area contributed by atoms with Gasteiger partial charge in [0.15, 0.2) is 6.10 Å². The second-order valence-corrected chi connectivity index (χ2v) is 5.07. The SMILES string of the molecule is CC(OC(=O)C1CC1)C(=O)NCc1ccccc1Cl. The second-order valence-electron chi connectivity index (χ2n) is 4.66. The van der Waals surface area contributed by atoms with Crippen molar-refractivity contribution in [1.29, 1.82) is 0 Å². The summed E-state index contributed by atoms with van der Waals surface area (Å²) in [6, 6.07) is 7.28. The van der Waals surface area contributed by atoms with Crippen molar-refractivity contribution in [3.05, 3.63) is 34.9 Å². The molecule has 1 aliphatic carbocycles. The Morgan fingerprint density at radius 1 is 1.42 bits per heavy atom.